The molecule has 4 nitrogen and oxygen atoms in total. The van der Waals surface area contributed by atoms with E-state index in [-0.39, 0.29) is 5.91 Å². The van der Waals surface area contributed by atoms with Gasteiger partial charge in [-0.3, -0.25) is 4.79 Å². The maximum atomic E-state index is 12.3. The highest BCUT2D eigenvalue weighted by Crippen LogP contribution is 2.25. The smallest absolute Gasteiger partial charge is 0.276 e. The van der Waals surface area contributed by atoms with Gasteiger partial charge in [0.05, 0.1) is 4.88 Å². The summed E-state index contributed by atoms with van der Waals surface area (Å²) in [6.45, 7) is 5.56. The number of nitrogens with zero attached hydrogens (tertiary/aromatic N) is 2. The van der Waals surface area contributed by atoms with E-state index in [1.165, 1.54) is 0 Å². The van der Waals surface area contributed by atoms with Crippen molar-refractivity contribution in [1.29, 1.82) is 0 Å². The van der Waals surface area contributed by atoms with Crippen molar-refractivity contribution in [1.82, 2.24) is 10.1 Å². The minimum atomic E-state index is -0.0532. The lowest BCUT2D eigenvalue weighted by atomic mass is 10.2. The molecule has 0 radical (unpaired) electrons. The standard InChI is InChI=1S/C14H18N2O2S/c1-3-5-8-16(4-2)14(17)11-10-12(18-15-11)13-7-6-9-19-13/h6-7,9-10H,3-5,8H2,1-2H3. The summed E-state index contributed by atoms with van der Waals surface area (Å²) in [6.07, 6.45) is 2.08. The zero-order valence-electron chi connectivity index (χ0n) is 11.3. The van der Waals surface area contributed by atoms with Gasteiger partial charge in [-0.15, -0.1) is 11.3 Å². The van der Waals surface area contributed by atoms with Crippen molar-refractivity contribution >= 4 is 17.2 Å². The van der Waals surface area contributed by atoms with E-state index >= 15 is 0 Å². The molecule has 0 spiro atoms. The largest absolute Gasteiger partial charge is 0.355 e. The van der Waals surface area contributed by atoms with Crippen LogP contribution in [0.2, 0.25) is 0 Å². The molecule has 0 bridgehead atoms. The fraction of sp³-hybridized carbons (Fsp3) is 0.429. The number of rotatable bonds is 6. The molecule has 0 aliphatic rings. The Morgan fingerprint density at radius 2 is 2.32 bits per heavy atom. The third-order valence-corrected chi connectivity index (χ3v) is 3.83. The van der Waals surface area contributed by atoms with Gasteiger partial charge in [0.1, 0.15) is 0 Å². The van der Waals surface area contributed by atoms with Gasteiger partial charge in [-0.2, -0.15) is 0 Å². The quantitative estimate of drug-likeness (QED) is 0.810. The predicted octanol–water partition coefficient (Wildman–Crippen LogP) is 3.67. The van der Waals surface area contributed by atoms with Gasteiger partial charge in [-0.25, -0.2) is 0 Å². The van der Waals surface area contributed by atoms with Gasteiger partial charge in [-0.1, -0.05) is 24.6 Å². The van der Waals surface area contributed by atoms with Gasteiger partial charge < -0.3 is 9.42 Å². The lowest BCUT2D eigenvalue weighted by Crippen LogP contribution is -2.31. The van der Waals surface area contributed by atoms with E-state index in [0.717, 1.165) is 24.3 Å². The Hall–Kier alpha value is -1.62. The summed E-state index contributed by atoms with van der Waals surface area (Å²) in [7, 11) is 0. The summed E-state index contributed by atoms with van der Waals surface area (Å²) in [6, 6.07) is 5.63. The van der Waals surface area contributed by atoms with Crippen LogP contribution in [0, 0.1) is 0 Å². The normalized spacial score (nSPS) is 10.6. The molecule has 0 aliphatic carbocycles. The number of hydrogen-bond donors (Lipinski definition) is 0. The van der Waals surface area contributed by atoms with Crippen molar-refractivity contribution in [2.75, 3.05) is 13.1 Å². The molecule has 1 amide bonds. The molecule has 5 heteroatoms. The van der Waals surface area contributed by atoms with Gasteiger partial charge in [0.15, 0.2) is 11.5 Å². The number of carbonyl (C=O) groups excluding carboxylic acids is 1. The first-order valence-electron chi connectivity index (χ1n) is 6.56. The van der Waals surface area contributed by atoms with Gasteiger partial charge in [0, 0.05) is 19.2 Å². The van der Waals surface area contributed by atoms with Crippen molar-refractivity contribution in [3.8, 4) is 10.6 Å². The first-order chi connectivity index (χ1) is 9.26. The third kappa shape index (κ3) is 3.23. The van der Waals surface area contributed by atoms with Crippen LogP contribution in [0.3, 0.4) is 0 Å². The van der Waals surface area contributed by atoms with Gasteiger partial charge in [0.25, 0.3) is 5.91 Å². The Balaban J connectivity index is 2.11. The first kappa shape index (κ1) is 13.8. The molecule has 2 aromatic rings. The topological polar surface area (TPSA) is 46.3 Å². The molecule has 0 saturated heterocycles. The van der Waals surface area contributed by atoms with Crippen molar-refractivity contribution in [3.05, 3.63) is 29.3 Å². The maximum Gasteiger partial charge on any atom is 0.276 e. The predicted molar refractivity (Wildman–Crippen MR) is 76.3 cm³/mol. The van der Waals surface area contributed by atoms with E-state index in [4.69, 9.17) is 4.52 Å². The molecule has 102 valence electrons. The molecule has 2 heterocycles. The second kappa shape index (κ2) is 6.52. The average molecular weight is 278 g/mol. The van der Waals surface area contributed by atoms with Crippen LogP contribution in [-0.4, -0.2) is 29.1 Å². The first-order valence-corrected chi connectivity index (χ1v) is 7.44. The molecule has 0 fully saturated rings. The molecule has 2 aromatic heterocycles. The highest BCUT2D eigenvalue weighted by molar-refractivity contribution is 7.13. The Bertz CT molecular complexity index is 519. The fourth-order valence-electron chi connectivity index (χ4n) is 1.83. The maximum absolute atomic E-state index is 12.3. The van der Waals surface area contributed by atoms with Gasteiger partial charge >= 0.3 is 0 Å². The SMILES string of the molecule is CCCCN(CC)C(=O)c1cc(-c2cccs2)on1. The summed E-state index contributed by atoms with van der Waals surface area (Å²) in [4.78, 5) is 15.1. The van der Waals surface area contributed by atoms with E-state index in [1.54, 1.807) is 22.3 Å². The average Bonchev–Trinajstić information content (AvgIpc) is 3.10. The molecule has 0 aliphatic heterocycles. The molecular weight excluding hydrogens is 260 g/mol. The summed E-state index contributed by atoms with van der Waals surface area (Å²) < 4.78 is 5.24. The zero-order valence-corrected chi connectivity index (χ0v) is 12.1. The number of amides is 1. The lowest BCUT2D eigenvalue weighted by molar-refractivity contribution is 0.0752. The Labute approximate surface area is 117 Å². The molecule has 0 N–H and O–H groups in total. The Kier molecular flexibility index (Phi) is 4.74. The van der Waals surface area contributed by atoms with Crippen LogP contribution in [0.1, 0.15) is 37.2 Å². The van der Waals surface area contributed by atoms with Gasteiger partial charge in [0.2, 0.25) is 0 Å². The van der Waals surface area contributed by atoms with Crippen molar-refractivity contribution in [3.63, 3.8) is 0 Å². The number of carbonyl (C=O) groups is 1. The van der Waals surface area contributed by atoms with Crippen LogP contribution < -0.4 is 0 Å². The Morgan fingerprint density at radius 3 is 2.95 bits per heavy atom. The highest BCUT2D eigenvalue weighted by atomic mass is 32.1. The summed E-state index contributed by atoms with van der Waals surface area (Å²) in [5, 5.41) is 5.86. The number of unbranched alkanes of at least 4 members (excludes halogenated alkanes) is 1. The molecule has 0 unspecified atom stereocenters. The number of aromatic nitrogens is 1. The van der Waals surface area contributed by atoms with Crippen molar-refractivity contribution in [2.24, 2.45) is 0 Å². The van der Waals surface area contributed by atoms with Crippen LogP contribution in [0.25, 0.3) is 10.6 Å². The molecule has 19 heavy (non-hydrogen) atoms. The second-order valence-electron chi connectivity index (χ2n) is 4.29. The summed E-state index contributed by atoms with van der Waals surface area (Å²) in [5.74, 6) is 0.604. The molecule has 0 aromatic carbocycles. The van der Waals surface area contributed by atoms with Crippen LogP contribution in [0.15, 0.2) is 28.1 Å². The molecule has 0 saturated carbocycles. The van der Waals surface area contributed by atoms with Crippen LogP contribution >= 0.6 is 11.3 Å². The van der Waals surface area contributed by atoms with E-state index in [2.05, 4.69) is 12.1 Å². The van der Waals surface area contributed by atoms with Crippen LogP contribution in [-0.2, 0) is 0 Å². The zero-order chi connectivity index (χ0) is 13.7. The van der Waals surface area contributed by atoms with Crippen molar-refractivity contribution < 1.29 is 9.32 Å². The minimum absolute atomic E-state index is 0.0532. The lowest BCUT2D eigenvalue weighted by Gasteiger charge is -2.18. The monoisotopic (exact) mass is 278 g/mol. The molecular formula is C14H18N2O2S. The van der Waals surface area contributed by atoms with E-state index < -0.39 is 0 Å². The summed E-state index contributed by atoms with van der Waals surface area (Å²) in [5.41, 5.74) is 0.390. The minimum Gasteiger partial charge on any atom is -0.355 e. The van der Waals surface area contributed by atoms with Crippen LogP contribution in [0.4, 0.5) is 0 Å². The van der Waals surface area contributed by atoms with E-state index in [9.17, 15) is 4.79 Å². The number of hydrogen-bond acceptors (Lipinski definition) is 4. The van der Waals surface area contributed by atoms with E-state index in [1.807, 2.05) is 24.4 Å². The molecule has 0 atom stereocenters. The second-order valence-corrected chi connectivity index (χ2v) is 5.24. The van der Waals surface area contributed by atoms with Gasteiger partial charge in [-0.05, 0) is 24.8 Å². The number of thiophene rings is 1. The van der Waals surface area contributed by atoms with Crippen LogP contribution in [0.5, 0.6) is 0 Å². The Morgan fingerprint density at radius 1 is 1.47 bits per heavy atom. The fourth-order valence-corrected chi connectivity index (χ4v) is 2.50. The summed E-state index contributed by atoms with van der Waals surface area (Å²) >= 11 is 1.57. The molecule has 2 rings (SSSR count). The van der Waals surface area contributed by atoms with E-state index in [0.29, 0.717) is 18.0 Å². The highest BCUT2D eigenvalue weighted by Gasteiger charge is 2.19. The van der Waals surface area contributed by atoms with Crippen molar-refractivity contribution in [2.45, 2.75) is 26.7 Å². The third-order valence-electron chi connectivity index (χ3n) is 2.94.